The number of hydrogen-bond donors (Lipinski definition) is 2. The van der Waals surface area contributed by atoms with Gasteiger partial charge in [-0.25, -0.2) is 0 Å². The third kappa shape index (κ3) is 4.58. The number of amides is 1. The zero-order chi connectivity index (χ0) is 10.8. The van der Waals surface area contributed by atoms with Crippen LogP contribution in [0.3, 0.4) is 0 Å². The highest BCUT2D eigenvalue weighted by molar-refractivity contribution is 5.80. The fourth-order valence-corrected chi connectivity index (χ4v) is 0.962. The fourth-order valence-electron chi connectivity index (χ4n) is 0.962. The number of nitrogens with two attached hydrogens (primary N) is 1. The lowest BCUT2D eigenvalue weighted by Gasteiger charge is -2.21. The van der Waals surface area contributed by atoms with Crippen LogP contribution in [0.5, 0.6) is 0 Å². The molecule has 1 rings (SSSR count). The number of carbonyl (C=O) groups is 1. The predicted octanol–water partition coefficient (Wildman–Crippen LogP) is 0.407. The number of nitrogens with one attached hydrogen (secondary N) is 1. The fraction of sp³-hybridized carbons (Fsp3) is 0.900. The Hall–Kier alpha value is -0.610. The predicted molar refractivity (Wildman–Crippen MR) is 54.8 cm³/mol. The largest absolute Gasteiger partial charge is 0.367 e. The first-order valence-corrected chi connectivity index (χ1v) is 5.09. The molecule has 0 aromatic carbocycles. The van der Waals surface area contributed by atoms with Crippen molar-refractivity contribution in [1.82, 2.24) is 5.32 Å². The Balaban J connectivity index is 2.19. The molecule has 0 spiro atoms. The molecule has 1 aliphatic carbocycles. The summed E-state index contributed by atoms with van der Waals surface area (Å²) in [6.45, 7) is 5.90. The van der Waals surface area contributed by atoms with Gasteiger partial charge in [0.1, 0.15) is 6.10 Å². The Morgan fingerprint density at radius 3 is 2.64 bits per heavy atom. The second-order valence-corrected chi connectivity index (χ2v) is 4.72. The van der Waals surface area contributed by atoms with Gasteiger partial charge in [0, 0.05) is 11.6 Å². The minimum absolute atomic E-state index is 0.0308. The van der Waals surface area contributed by atoms with E-state index in [1.165, 1.54) is 0 Å². The Labute approximate surface area is 85.2 Å². The maximum Gasteiger partial charge on any atom is 0.249 e. The number of ether oxygens (including phenoxy) is 1. The van der Waals surface area contributed by atoms with E-state index in [1.54, 1.807) is 6.92 Å². The summed E-state index contributed by atoms with van der Waals surface area (Å²) in [6.07, 6.45) is 1.79. The highest BCUT2D eigenvalue weighted by Crippen LogP contribution is 2.18. The molecule has 0 aromatic heterocycles. The van der Waals surface area contributed by atoms with Crippen LogP contribution >= 0.6 is 0 Å². The average Bonchev–Trinajstić information content (AvgIpc) is 2.82. The lowest BCUT2D eigenvalue weighted by molar-refractivity contribution is -0.132. The van der Waals surface area contributed by atoms with E-state index in [9.17, 15) is 4.79 Å². The summed E-state index contributed by atoms with van der Waals surface area (Å²) < 4.78 is 5.36. The molecule has 0 heterocycles. The van der Waals surface area contributed by atoms with Gasteiger partial charge in [-0.15, -0.1) is 0 Å². The molecule has 4 nitrogen and oxygen atoms in total. The molecular weight excluding hydrogens is 180 g/mol. The van der Waals surface area contributed by atoms with Gasteiger partial charge in [-0.3, -0.25) is 4.79 Å². The number of hydrogen-bond acceptors (Lipinski definition) is 3. The van der Waals surface area contributed by atoms with Crippen LogP contribution in [0, 0.1) is 0 Å². The monoisotopic (exact) mass is 200 g/mol. The lowest BCUT2D eigenvalue weighted by atomic mass is 10.1. The van der Waals surface area contributed by atoms with Crippen LogP contribution in [0.25, 0.3) is 0 Å². The molecule has 14 heavy (non-hydrogen) atoms. The SMILES string of the molecule is CC(OCC(C)(C)N)C(=O)NC1CC1. The summed E-state index contributed by atoms with van der Waals surface area (Å²) in [5.74, 6) is -0.0308. The summed E-state index contributed by atoms with van der Waals surface area (Å²) in [4.78, 5) is 11.4. The third-order valence-corrected chi connectivity index (χ3v) is 2.00. The van der Waals surface area contributed by atoms with Crippen LogP contribution < -0.4 is 11.1 Å². The van der Waals surface area contributed by atoms with Gasteiger partial charge in [0.05, 0.1) is 6.61 Å². The van der Waals surface area contributed by atoms with Gasteiger partial charge in [0.15, 0.2) is 0 Å². The van der Waals surface area contributed by atoms with E-state index in [1.807, 2.05) is 13.8 Å². The molecular formula is C10H20N2O2. The second kappa shape index (κ2) is 4.28. The molecule has 0 aromatic rings. The first kappa shape index (κ1) is 11.5. The summed E-state index contributed by atoms with van der Waals surface area (Å²) in [7, 11) is 0. The minimum atomic E-state index is -0.404. The quantitative estimate of drug-likeness (QED) is 0.675. The van der Waals surface area contributed by atoms with Gasteiger partial charge in [-0.05, 0) is 33.6 Å². The van der Waals surface area contributed by atoms with Gasteiger partial charge in [0.25, 0.3) is 0 Å². The van der Waals surface area contributed by atoms with Crippen LogP contribution in [0.15, 0.2) is 0 Å². The standard InChI is InChI=1S/C10H20N2O2/c1-7(14-6-10(2,3)11)9(13)12-8-4-5-8/h7-8H,4-6,11H2,1-3H3,(H,12,13). The Kier molecular flexibility index (Phi) is 3.50. The van der Waals surface area contributed by atoms with E-state index in [0.29, 0.717) is 12.6 Å². The van der Waals surface area contributed by atoms with Crippen molar-refractivity contribution in [1.29, 1.82) is 0 Å². The Morgan fingerprint density at radius 2 is 2.21 bits per heavy atom. The van der Waals surface area contributed by atoms with Crippen molar-refractivity contribution in [2.24, 2.45) is 5.73 Å². The highest BCUT2D eigenvalue weighted by Gasteiger charge is 2.26. The van der Waals surface area contributed by atoms with Crippen molar-refractivity contribution in [2.75, 3.05) is 6.61 Å². The van der Waals surface area contributed by atoms with Crippen LogP contribution in [-0.4, -0.2) is 30.2 Å². The first-order chi connectivity index (χ1) is 6.38. The van der Waals surface area contributed by atoms with E-state index >= 15 is 0 Å². The van der Waals surface area contributed by atoms with E-state index in [2.05, 4.69) is 5.32 Å². The molecule has 0 aliphatic heterocycles. The normalized spacial score (nSPS) is 19.1. The molecule has 3 N–H and O–H groups in total. The third-order valence-electron chi connectivity index (χ3n) is 2.00. The van der Waals surface area contributed by atoms with Crippen LogP contribution in [0.4, 0.5) is 0 Å². The van der Waals surface area contributed by atoms with Crippen molar-refractivity contribution in [2.45, 2.75) is 51.3 Å². The second-order valence-electron chi connectivity index (χ2n) is 4.72. The summed E-state index contributed by atoms with van der Waals surface area (Å²) >= 11 is 0. The topological polar surface area (TPSA) is 64.3 Å². The van der Waals surface area contributed by atoms with Gasteiger partial charge in [-0.2, -0.15) is 0 Å². The van der Waals surface area contributed by atoms with Crippen LogP contribution in [0.1, 0.15) is 33.6 Å². The number of carbonyl (C=O) groups excluding carboxylic acids is 1. The lowest BCUT2D eigenvalue weighted by Crippen LogP contribution is -2.42. The summed E-state index contributed by atoms with van der Waals surface area (Å²) in [5.41, 5.74) is 5.36. The van der Waals surface area contributed by atoms with E-state index in [4.69, 9.17) is 10.5 Å². The molecule has 0 radical (unpaired) electrons. The van der Waals surface area contributed by atoms with Crippen molar-refractivity contribution >= 4 is 5.91 Å². The van der Waals surface area contributed by atoms with Crippen molar-refractivity contribution < 1.29 is 9.53 Å². The zero-order valence-corrected chi connectivity index (χ0v) is 9.17. The van der Waals surface area contributed by atoms with E-state index in [-0.39, 0.29) is 11.4 Å². The van der Waals surface area contributed by atoms with Crippen molar-refractivity contribution in [3.63, 3.8) is 0 Å². The first-order valence-electron chi connectivity index (χ1n) is 5.09. The molecule has 82 valence electrons. The Bertz CT molecular complexity index is 207. The van der Waals surface area contributed by atoms with Crippen LogP contribution in [-0.2, 0) is 9.53 Å². The van der Waals surface area contributed by atoms with Crippen molar-refractivity contribution in [3.05, 3.63) is 0 Å². The van der Waals surface area contributed by atoms with Gasteiger partial charge in [0.2, 0.25) is 5.91 Å². The average molecular weight is 200 g/mol. The van der Waals surface area contributed by atoms with Crippen LogP contribution in [0.2, 0.25) is 0 Å². The molecule has 1 saturated carbocycles. The molecule has 1 fully saturated rings. The van der Waals surface area contributed by atoms with Crippen molar-refractivity contribution in [3.8, 4) is 0 Å². The molecule has 4 heteroatoms. The van der Waals surface area contributed by atoms with Gasteiger partial charge >= 0.3 is 0 Å². The molecule has 1 atom stereocenters. The van der Waals surface area contributed by atoms with E-state index < -0.39 is 6.10 Å². The smallest absolute Gasteiger partial charge is 0.249 e. The maximum absolute atomic E-state index is 11.4. The Morgan fingerprint density at radius 1 is 1.64 bits per heavy atom. The minimum Gasteiger partial charge on any atom is -0.367 e. The molecule has 0 saturated heterocycles. The molecule has 0 bridgehead atoms. The van der Waals surface area contributed by atoms with Gasteiger partial charge < -0.3 is 15.8 Å². The number of rotatable bonds is 5. The molecule has 1 amide bonds. The summed E-state index contributed by atoms with van der Waals surface area (Å²) in [5, 5.41) is 2.89. The molecule has 1 aliphatic rings. The van der Waals surface area contributed by atoms with Gasteiger partial charge in [-0.1, -0.05) is 0 Å². The summed E-state index contributed by atoms with van der Waals surface area (Å²) in [6, 6.07) is 0.388. The molecule has 1 unspecified atom stereocenters. The van der Waals surface area contributed by atoms with E-state index in [0.717, 1.165) is 12.8 Å². The zero-order valence-electron chi connectivity index (χ0n) is 9.17. The highest BCUT2D eigenvalue weighted by atomic mass is 16.5. The maximum atomic E-state index is 11.4.